The molecule has 2 aromatic heterocycles. The van der Waals surface area contributed by atoms with Gasteiger partial charge in [-0.2, -0.15) is 0 Å². The van der Waals surface area contributed by atoms with Crippen LogP contribution in [-0.4, -0.2) is 92.6 Å². The monoisotopic (exact) mass is 657 g/mol. The van der Waals surface area contributed by atoms with E-state index < -0.39 is 112 Å². The van der Waals surface area contributed by atoms with Gasteiger partial charge in [-0.1, -0.05) is 0 Å². The molecule has 17 heteroatoms. The maximum atomic E-state index is 15.3. The van der Waals surface area contributed by atoms with Gasteiger partial charge >= 0.3 is 6.09 Å². The fraction of sp³-hybridized carbons (Fsp3) is 0.448. The minimum Gasteiger partial charge on any atom is -0.444 e. The van der Waals surface area contributed by atoms with E-state index in [1.807, 2.05) is 5.32 Å². The van der Waals surface area contributed by atoms with Crippen molar-refractivity contribution in [3.05, 3.63) is 63.5 Å². The van der Waals surface area contributed by atoms with Crippen LogP contribution < -0.4 is 15.6 Å². The van der Waals surface area contributed by atoms with Gasteiger partial charge in [-0.05, 0) is 33.3 Å². The van der Waals surface area contributed by atoms with Crippen molar-refractivity contribution in [1.82, 2.24) is 19.8 Å². The van der Waals surface area contributed by atoms with Gasteiger partial charge in [0.25, 0.3) is 11.8 Å². The average Bonchev–Trinajstić information content (AvgIpc) is 3.26. The van der Waals surface area contributed by atoms with Gasteiger partial charge in [0.15, 0.2) is 28.9 Å². The fourth-order valence-electron chi connectivity index (χ4n) is 5.31. The van der Waals surface area contributed by atoms with Gasteiger partial charge in [0.1, 0.15) is 22.7 Å². The number of aliphatic hydroxyl groups is 2. The lowest BCUT2D eigenvalue weighted by atomic mass is 10.0. The maximum Gasteiger partial charge on any atom is 0.410 e. The zero-order valence-electron chi connectivity index (χ0n) is 24.7. The van der Waals surface area contributed by atoms with Gasteiger partial charge in [0.05, 0.1) is 30.2 Å². The van der Waals surface area contributed by atoms with E-state index in [9.17, 15) is 29.0 Å². The van der Waals surface area contributed by atoms with Crippen LogP contribution in [0.5, 0.6) is 0 Å². The summed E-state index contributed by atoms with van der Waals surface area (Å²) in [6.45, 7) is 2.71. The molecule has 2 aliphatic rings. The summed E-state index contributed by atoms with van der Waals surface area (Å²) in [6.07, 6.45) is -3.42. The number of likely N-dealkylation sites (tertiary alicyclic amines) is 1. The number of alkyl halides is 2. The summed E-state index contributed by atoms with van der Waals surface area (Å²) < 4.78 is 95.1. The van der Waals surface area contributed by atoms with Crippen molar-refractivity contribution >= 4 is 28.9 Å². The number of pyridine rings is 2. The number of hydrogen-bond acceptors (Lipinski definition) is 8. The number of rotatable bonds is 4. The molecule has 0 bridgehead atoms. The number of benzene rings is 1. The van der Waals surface area contributed by atoms with Gasteiger partial charge in [-0.15, -0.1) is 0 Å². The summed E-state index contributed by atoms with van der Waals surface area (Å²) in [5, 5.41) is 21.2. The Balaban J connectivity index is 1.56. The summed E-state index contributed by atoms with van der Waals surface area (Å²) >= 11 is 0. The highest BCUT2D eigenvalue weighted by molar-refractivity contribution is 5.97. The minimum absolute atomic E-state index is 0.249. The lowest BCUT2D eigenvalue weighted by Gasteiger charge is -2.38. The normalized spacial score (nSPS) is 21.5. The van der Waals surface area contributed by atoms with E-state index in [0.29, 0.717) is 29.0 Å². The Hall–Kier alpha value is -4.38. The quantitative estimate of drug-likeness (QED) is 0.365. The molecule has 3 N–H and O–H groups in total. The summed E-state index contributed by atoms with van der Waals surface area (Å²) in [5.41, 5.74) is -4.75. The van der Waals surface area contributed by atoms with Crippen molar-refractivity contribution in [2.75, 3.05) is 31.1 Å². The molecular weight excluding hydrogens is 628 g/mol. The van der Waals surface area contributed by atoms with Crippen LogP contribution in [0.15, 0.2) is 29.2 Å². The Kier molecular flexibility index (Phi) is 8.44. The number of ether oxygens (including phenoxy) is 1. The summed E-state index contributed by atoms with van der Waals surface area (Å²) in [6, 6.07) is -0.679. The lowest BCUT2D eigenvalue weighted by molar-refractivity contribution is -0.0889. The van der Waals surface area contributed by atoms with Crippen LogP contribution in [0.25, 0.3) is 16.7 Å². The second-order valence-electron chi connectivity index (χ2n) is 12.1. The zero-order valence-corrected chi connectivity index (χ0v) is 24.7. The van der Waals surface area contributed by atoms with E-state index in [-0.39, 0.29) is 19.6 Å². The van der Waals surface area contributed by atoms with Crippen molar-refractivity contribution in [1.29, 1.82) is 0 Å². The number of halogens is 6. The van der Waals surface area contributed by atoms with Crippen LogP contribution >= 0.6 is 0 Å². The van der Waals surface area contributed by atoms with Crippen LogP contribution in [0.3, 0.4) is 0 Å². The van der Waals surface area contributed by atoms with E-state index in [0.717, 1.165) is 9.80 Å². The number of nitrogens with zero attached hydrogens (tertiary/aromatic N) is 4. The average molecular weight is 658 g/mol. The number of anilines is 1. The molecule has 0 aliphatic carbocycles. The van der Waals surface area contributed by atoms with E-state index in [1.165, 1.54) is 0 Å². The molecule has 4 heterocycles. The molecule has 2 saturated heterocycles. The number of fused-ring (bicyclic) bond motifs is 1. The number of nitrogens with one attached hydrogen (secondary N) is 1. The summed E-state index contributed by atoms with van der Waals surface area (Å²) in [4.78, 5) is 45.0. The highest BCUT2D eigenvalue weighted by Gasteiger charge is 2.47. The molecule has 2 fully saturated rings. The number of carbonyl (C=O) groups excluding carboxylic acids is 2. The molecule has 2 amide bonds. The molecule has 248 valence electrons. The first-order valence-electron chi connectivity index (χ1n) is 14.0. The van der Waals surface area contributed by atoms with Gasteiger partial charge in [0.2, 0.25) is 5.43 Å². The third kappa shape index (κ3) is 6.33. The largest absolute Gasteiger partial charge is 0.444 e. The Morgan fingerprint density at radius 2 is 1.63 bits per heavy atom. The second-order valence-corrected chi connectivity index (χ2v) is 12.1. The van der Waals surface area contributed by atoms with Crippen molar-refractivity contribution < 1.29 is 50.9 Å². The number of piperidine rings is 1. The first-order chi connectivity index (χ1) is 21.4. The van der Waals surface area contributed by atoms with E-state index in [2.05, 4.69) is 4.98 Å². The Morgan fingerprint density at radius 3 is 2.20 bits per heavy atom. The highest BCUT2D eigenvalue weighted by atomic mass is 19.3. The number of carbonyl (C=O) groups is 2. The number of hydrogen-bond donors (Lipinski definition) is 3. The molecule has 46 heavy (non-hydrogen) atoms. The smallest absolute Gasteiger partial charge is 0.410 e. The number of aliphatic hydroxyl groups excluding tert-OH is 2. The van der Waals surface area contributed by atoms with Gasteiger partial charge in [-0.25, -0.2) is 36.1 Å². The number of amides is 2. The van der Waals surface area contributed by atoms with Crippen molar-refractivity contribution in [3.8, 4) is 5.69 Å². The van der Waals surface area contributed by atoms with Crippen LogP contribution in [0.2, 0.25) is 0 Å². The van der Waals surface area contributed by atoms with Crippen LogP contribution in [0, 0.1) is 23.3 Å². The molecule has 11 nitrogen and oxygen atoms in total. The third-order valence-electron chi connectivity index (χ3n) is 7.49. The predicted molar refractivity (Wildman–Crippen MR) is 150 cm³/mol. The Bertz CT molecular complexity index is 1750. The standard InChI is InChI=1S/C29H29F6N5O6/c1-28(2,3)46-27(45)38-5-4-21(29(34,35)12-38)36-26(44)15-9-40(22-16(31)6-13(30)7-17(22)32)24-14(23(15)43)8-18(33)25(37-24)39-10-19(41)20(42)11-39/h6-9,19-21,41-42H,4-5,10-12H2,1-3H3,(H,36,44)/t19-,20-,21?/m1/s1. The number of β-amino-alcohol motifs (C(OH)–C–C–N with tert-alkyl or cyclic N) is 2. The highest BCUT2D eigenvalue weighted by Crippen LogP contribution is 2.31. The van der Waals surface area contributed by atoms with Gasteiger partial charge < -0.3 is 30.1 Å². The minimum atomic E-state index is -3.71. The Labute approximate surface area is 257 Å². The SMILES string of the molecule is CC(C)(C)OC(=O)N1CCC(NC(=O)c2cn(-c3c(F)cc(F)cc3F)c3nc(N4C[C@@H](O)[C@H](O)C4)c(F)cc3c2=O)C(F)(F)C1. The second kappa shape index (κ2) is 11.8. The van der Waals surface area contributed by atoms with Gasteiger partial charge in [0, 0.05) is 38.0 Å². The molecule has 0 saturated carbocycles. The van der Waals surface area contributed by atoms with E-state index in [1.54, 1.807) is 20.8 Å². The van der Waals surface area contributed by atoms with Crippen molar-refractivity contribution in [2.24, 2.45) is 0 Å². The summed E-state index contributed by atoms with van der Waals surface area (Å²) in [7, 11) is 0. The number of aromatic nitrogens is 2. The molecule has 3 atom stereocenters. The molecule has 5 rings (SSSR count). The molecular formula is C29H29F6N5O6. The topological polar surface area (TPSA) is 137 Å². The van der Waals surface area contributed by atoms with Crippen molar-refractivity contribution in [2.45, 2.75) is 57.0 Å². The van der Waals surface area contributed by atoms with Crippen molar-refractivity contribution in [3.63, 3.8) is 0 Å². The first kappa shape index (κ1) is 33.0. The van der Waals surface area contributed by atoms with Crippen LogP contribution in [0.1, 0.15) is 37.6 Å². The van der Waals surface area contributed by atoms with Crippen LogP contribution in [0.4, 0.5) is 37.0 Å². The molecule has 1 unspecified atom stereocenters. The van der Waals surface area contributed by atoms with Crippen LogP contribution in [-0.2, 0) is 4.74 Å². The molecule has 3 aromatic rings. The molecule has 0 spiro atoms. The fourth-order valence-corrected chi connectivity index (χ4v) is 5.31. The van der Waals surface area contributed by atoms with E-state index >= 15 is 22.0 Å². The van der Waals surface area contributed by atoms with Gasteiger partial charge in [-0.3, -0.25) is 14.2 Å². The van der Waals surface area contributed by atoms with E-state index in [4.69, 9.17) is 4.74 Å². The first-order valence-corrected chi connectivity index (χ1v) is 14.0. The Morgan fingerprint density at radius 1 is 1.02 bits per heavy atom. The zero-order chi connectivity index (χ0) is 33.9. The maximum absolute atomic E-state index is 15.3. The third-order valence-corrected chi connectivity index (χ3v) is 7.49. The molecule has 2 aliphatic heterocycles. The lowest BCUT2D eigenvalue weighted by Crippen LogP contribution is -2.60. The predicted octanol–water partition coefficient (Wildman–Crippen LogP) is 2.86. The molecule has 0 radical (unpaired) electrons. The summed E-state index contributed by atoms with van der Waals surface area (Å²) in [5.74, 6) is -11.1. The molecule has 1 aromatic carbocycles.